The number of nitrogens with zero attached hydrogens (tertiary/aromatic N) is 1. The minimum Gasteiger partial charge on any atom is -0.211 e. The zero-order valence-corrected chi connectivity index (χ0v) is 11.8. The first-order valence-corrected chi connectivity index (χ1v) is 6.75. The number of hydrogen-bond acceptors (Lipinski definition) is 2. The van der Waals surface area contributed by atoms with Crippen molar-refractivity contribution in [3.8, 4) is 0 Å². The lowest BCUT2D eigenvalue weighted by Gasteiger charge is -2.26. The minimum absolute atomic E-state index is 0.319. The van der Waals surface area contributed by atoms with Crippen LogP contribution in [0.2, 0.25) is 0 Å². The molecule has 2 rings (SSSR count). The molecule has 1 aliphatic carbocycles. The average Bonchev–Trinajstić information content (AvgIpc) is 2.73. The summed E-state index contributed by atoms with van der Waals surface area (Å²) in [6.45, 7) is 4.15. The number of aliphatic imine (C=N–C) groups is 1. The zero-order chi connectivity index (χ0) is 12.5. The van der Waals surface area contributed by atoms with Gasteiger partial charge in [0.25, 0.3) is 0 Å². The van der Waals surface area contributed by atoms with Crippen molar-refractivity contribution in [1.29, 1.82) is 0 Å². The van der Waals surface area contributed by atoms with Crippen LogP contribution in [-0.4, -0.2) is 6.08 Å². The molecule has 0 bridgehead atoms. The summed E-state index contributed by atoms with van der Waals surface area (Å²) in [5.41, 5.74) is 3.26. The van der Waals surface area contributed by atoms with Crippen LogP contribution in [0.4, 0.5) is 0 Å². The lowest BCUT2D eigenvalue weighted by molar-refractivity contribution is 0.453. The van der Waals surface area contributed by atoms with Crippen LogP contribution in [-0.2, 0) is 10.3 Å². The minimum atomic E-state index is -0.319. The van der Waals surface area contributed by atoms with Gasteiger partial charge in [-0.3, -0.25) is 0 Å². The molecule has 1 fully saturated rings. The Kier molecular flexibility index (Phi) is 3.50. The van der Waals surface area contributed by atoms with E-state index in [0.29, 0.717) is 0 Å². The maximum atomic E-state index is 10.7. The molecule has 1 aliphatic rings. The Morgan fingerprint density at radius 1 is 1.29 bits per heavy atom. The molecule has 0 N–H and O–H groups in total. The van der Waals surface area contributed by atoms with Gasteiger partial charge < -0.3 is 0 Å². The second-order valence-electron chi connectivity index (χ2n) is 4.86. The number of carbonyl (C=O) groups excluding carboxylic acids is 1. The van der Waals surface area contributed by atoms with E-state index in [0.717, 1.165) is 30.2 Å². The Balaban J connectivity index is 2.61. The highest BCUT2D eigenvalue weighted by Gasteiger charge is 2.37. The van der Waals surface area contributed by atoms with Crippen LogP contribution in [0.3, 0.4) is 0 Å². The second-order valence-corrected chi connectivity index (χ2v) is 5.72. The van der Waals surface area contributed by atoms with Gasteiger partial charge in [0.1, 0.15) is 0 Å². The van der Waals surface area contributed by atoms with Crippen LogP contribution >= 0.6 is 15.9 Å². The van der Waals surface area contributed by atoms with Crippen molar-refractivity contribution in [2.24, 2.45) is 4.99 Å². The van der Waals surface area contributed by atoms with Crippen LogP contribution in [0.5, 0.6) is 0 Å². The van der Waals surface area contributed by atoms with E-state index in [1.807, 2.05) is 0 Å². The molecule has 0 spiro atoms. The molecule has 17 heavy (non-hydrogen) atoms. The Labute approximate surface area is 110 Å². The molecular weight excluding hydrogens is 278 g/mol. The molecule has 0 saturated heterocycles. The number of isocyanates is 1. The van der Waals surface area contributed by atoms with E-state index in [1.165, 1.54) is 16.7 Å². The van der Waals surface area contributed by atoms with E-state index >= 15 is 0 Å². The fraction of sp³-hybridized carbons (Fsp3) is 0.500. The van der Waals surface area contributed by atoms with Crippen molar-refractivity contribution < 1.29 is 4.79 Å². The largest absolute Gasteiger partial charge is 0.235 e. The molecule has 0 aliphatic heterocycles. The number of hydrogen-bond donors (Lipinski definition) is 0. The van der Waals surface area contributed by atoms with E-state index in [2.05, 4.69) is 46.9 Å². The number of benzene rings is 1. The number of halogens is 1. The predicted molar refractivity (Wildman–Crippen MR) is 71.9 cm³/mol. The zero-order valence-electron chi connectivity index (χ0n) is 10.2. The fourth-order valence-electron chi connectivity index (χ4n) is 2.79. The van der Waals surface area contributed by atoms with Gasteiger partial charge in [0.05, 0.1) is 5.54 Å². The molecular formula is C14H16BrNO. The maximum absolute atomic E-state index is 10.7. The summed E-state index contributed by atoms with van der Waals surface area (Å²) < 4.78 is 1.10. The summed E-state index contributed by atoms with van der Waals surface area (Å²) in [6, 6.07) is 4.26. The third-order valence-electron chi connectivity index (χ3n) is 3.68. The van der Waals surface area contributed by atoms with Gasteiger partial charge in [-0.15, -0.1) is 0 Å². The van der Waals surface area contributed by atoms with Gasteiger partial charge in [-0.05, 0) is 49.4 Å². The van der Waals surface area contributed by atoms with Crippen molar-refractivity contribution in [2.75, 3.05) is 0 Å². The second kappa shape index (κ2) is 4.75. The van der Waals surface area contributed by atoms with Gasteiger partial charge in [0, 0.05) is 4.47 Å². The summed E-state index contributed by atoms with van der Waals surface area (Å²) in [5, 5.41) is 0. The van der Waals surface area contributed by atoms with E-state index in [1.54, 1.807) is 6.08 Å². The first-order valence-electron chi connectivity index (χ1n) is 5.95. The van der Waals surface area contributed by atoms with Gasteiger partial charge in [-0.2, -0.15) is 4.99 Å². The molecule has 3 heteroatoms. The van der Waals surface area contributed by atoms with Crippen molar-refractivity contribution in [2.45, 2.75) is 45.1 Å². The maximum Gasteiger partial charge on any atom is 0.235 e. The van der Waals surface area contributed by atoms with E-state index in [9.17, 15) is 4.79 Å². The fourth-order valence-corrected chi connectivity index (χ4v) is 3.36. The SMILES string of the molecule is Cc1cc(Br)c(C)c(C2(N=C=O)CCCC2)c1. The van der Waals surface area contributed by atoms with Gasteiger partial charge in [0.2, 0.25) is 6.08 Å². The quantitative estimate of drug-likeness (QED) is 0.594. The topological polar surface area (TPSA) is 29.4 Å². The molecule has 0 aromatic heterocycles. The summed E-state index contributed by atoms with van der Waals surface area (Å²) in [5.74, 6) is 0. The number of rotatable bonds is 2. The van der Waals surface area contributed by atoms with Gasteiger partial charge in [-0.1, -0.05) is 34.8 Å². The highest BCUT2D eigenvalue weighted by molar-refractivity contribution is 9.10. The van der Waals surface area contributed by atoms with Crippen LogP contribution in [0.25, 0.3) is 0 Å². The third-order valence-corrected chi connectivity index (χ3v) is 4.50. The molecule has 1 aromatic carbocycles. The lowest BCUT2D eigenvalue weighted by atomic mass is 9.85. The van der Waals surface area contributed by atoms with Crippen molar-refractivity contribution in [3.63, 3.8) is 0 Å². The van der Waals surface area contributed by atoms with E-state index < -0.39 is 0 Å². The summed E-state index contributed by atoms with van der Waals surface area (Å²) in [7, 11) is 0. The van der Waals surface area contributed by atoms with Crippen molar-refractivity contribution in [3.05, 3.63) is 33.3 Å². The molecule has 90 valence electrons. The first kappa shape index (κ1) is 12.5. The van der Waals surface area contributed by atoms with Crippen LogP contribution in [0.15, 0.2) is 21.6 Å². The molecule has 0 heterocycles. The molecule has 0 radical (unpaired) electrons. The lowest BCUT2D eigenvalue weighted by Crippen LogP contribution is -2.20. The molecule has 0 atom stereocenters. The van der Waals surface area contributed by atoms with Gasteiger partial charge >= 0.3 is 0 Å². The van der Waals surface area contributed by atoms with Crippen LogP contribution in [0, 0.1) is 13.8 Å². The molecule has 2 nitrogen and oxygen atoms in total. The van der Waals surface area contributed by atoms with Gasteiger partial charge in [0.15, 0.2) is 0 Å². The van der Waals surface area contributed by atoms with Crippen molar-refractivity contribution >= 4 is 22.0 Å². The van der Waals surface area contributed by atoms with Crippen LogP contribution in [0.1, 0.15) is 42.4 Å². The summed E-state index contributed by atoms with van der Waals surface area (Å²) in [6.07, 6.45) is 5.96. The normalized spacial score (nSPS) is 17.8. The molecule has 1 aromatic rings. The highest BCUT2D eigenvalue weighted by atomic mass is 79.9. The van der Waals surface area contributed by atoms with Crippen LogP contribution < -0.4 is 0 Å². The third kappa shape index (κ3) is 2.22. The molecule has 1 saturated carbocycles. The Hall–Kier alpha value is -0.920. The monoisotopic (exact) mass is 293 g/mol. The van der Waals surface area contributed by atoms with Gasteiger partial charge in [-0.25, -0.2) is 4.79 Å². The molecule has 0 amide bonds. The average molecular weight is 294 g/mol. The number of aryl methyl sites for hydroxylation is 1. The Morgan fingerprint density at radius 3 is 2.53 bits per heavy atom. The predicted octanol–water partition coefficient (Wildman–Crippen LogP) is 4.17. The summed E-state index contributed by atoms with van der Waals surface area (Å²) >= 11 is 3.58. The first-order chi connectivity index (χ1) is 8.09. The Bertz CT molecular complexity index is 483. The van der Waals surface area contributed by atoms with E-state index in [4.69, 9.17) is 0 Å². The highest BCUT2D eigenvalue weighted by Crippen LogP contribution is 2.44. The van der Waals surface area contributed by atoms with Crippen molar-refractivity contribution in [1.82, 2.24) is 0 Å². The standard InChI is InChI=1S/C14H16BrNO/c1-10-7-12(11(2)13(15)8-10)14(16-9-17)5-3-4-6-14/h7-8H,3-6H2,1-2H3. The smallest absolute Gasteiger partial charge is 0.211 e. The molecule has 0 unspecified atom stereocenters. The van der Waals surface area contributed by atoms with E-state index in [-0.39, 0.29) is 5.54 Å². The summed E-state index contributed by atoms with van der Waals surface area (Å²) in [4.78, 5) is 14.9. The Morgan fingerprint density at radius 2 is 1.94 bits per heavy atom.